The van der Waals surface area contributed by atoms with E-state index < -0.39 is 0 Å². The molecular weight excluding hydrogens is 232 g/mol. The first kappa shape index (κ1) is 9.86. The van der Waals surface area contributed by atoms with Crippen molar-refractivity contribution >= 4 is 41.2 Å². The molecule has 2 nitrogen and oxygen atoms in total. The summed E-state index contributed by atoms with van der Waals surface area (Å²) < 4.78 is 10.5. The van der Waals surface area contributed by atoms with Crippen molar-refractivity contribution < 1.29 is 9.47 Å². The lowest BCUT2D eigenvalue weighted by Gasteiger charge is -2.04. The quantitative estimate of drug-likeness (QED) is 0.417. The van der Waals surface area contributed by atoms with Crippen molar-refractivity contribution in [2.75, 3.05) is 13.2 Å². The van der Waals surface area contributed by atoms with E-state index in [4.69, 9.17) is 9.47 Å². The van der Waals surface area contributed by atoms with Gasteiger partial charge in [-0.3, -0.25) is 0 Å². The Kier molecular flexibility index (Phi) is 2.85. The van der Waals surface area contributed by atoms with Crippen molar-refractivity contribution in [3.05, 3.63) is 0 Å². The molecule has 0 aromatic carbocycles. The molecular formula is C6H10O2S4. The van der Waals surface area contributed by atoms with Gasteiger partial charge in [-0.25, -0.2) is 0 Å². The molecule has 2 aliphatic rings. The van der Waals surface area contributed by atoms with Gasteiger partial charge in [0.1, 0.15) is 9.87 Å². The molecule has 12 heavy (non-hydrogen) atoms. The predicted molar refractivity (Wildman–Crippen MR) is 59.1 cm³/mol. The fourth-order valence-electron chi connectivity index (χ4n) is 0.471. The van der Waals surface area contributed by atoms with E-state index in [-0.39, 0.29) is 9.87 Å². The maximum Gasteiger partial charge on any atom is 0.145 e. The molecule has 2 fully saturated rings. The molecule has 0 aromatic heterocycles. The van der Waals surface area contributed by atoms with Crippen LogP contribution in [-0.2, 0) is 9.47 Å². The number of rotatable bonds is 5. The third-order valence-electron chi connectivity index (χ3n) is 1.55. The highest BCUT2D eigenvalue weighted by molar-refractivity contribution is 9.26. The van der Waals surface area contributed by atoms with Gasteiger partial charge in [0.2, 0.25) is 0 Å². The lowest BCUT2D eigenvalue weighted by atomic mass is 10.6. The molecule has 2 saturated heterocycles. The maximum atomic E-state index is 5.23. The Balaban J connectivity index is 1.52. The molecule has 0 N–H and O–H groups in total. The number of hydrogen-bond acceptors (Lipinski definition) is 6. The fraction of sp³-hybridized carbons (Fsp3) is 1.00. The third kappa shape index (κ3) is 2.92. The van der Waals surface area contributed by atoms with Crippen LogP contribution in [0.15, 0.2) is 0 Å². The summed E-state index contributed by atoms with van der Waals surface area (Å²) in [4.78, 5) is 0.201. The number of hydrogen-bond donors (Lipinski definition) is 0. The topological polar surface area (TPSA) is 25.1 Å². The zero-order valence-electron chi connectivity index (χ0n) is 6.86. The van der Waals surface area contributed by atoms with Gasteiger partial charge in [-0.2, -0.15) is 0 Å². The number of ether oxygens (including phenoxy) is 2. The molecule has 0 spiro atoms. The first-order valence-electron chi connectivity index (χ1n) is 3.60. The van der Waals surface area contributed by atoms with Crippen LogP contribution >= 0.6 is 41.2 Å². The molecule has 6 heteroatoms. The summed E-state index contributed by atoms with van der Waals surface area (Å²) in [6.07, 6.45) is 0. The van der Waals surface area contributed by atoms with E-state index in [0.29, 0.717) is 0 Å². The Morgan fingerprint density at radius 2 is 1.25 bits per heavy atom. The van der Waals surface area contributed by atoms with E-state index in [9.17, 15) is 0 Å². The molecule has 2 heterocycles. The Hall–Kier alpha value is 1.32. The van der Waals surface area contributed by atoms with Gasteiger partial charge < -0.3 is 9.47 Å². The van der Waals surface area contributed by atoms with E-state index in [1.807, 2.05) is 0 Å². The molecule has 2 atom stereocenters. The van der Waals surface area contributed by atoms with Crippen molar-refractivity contribution in [2.24, 2.45) is 0 Å². The summed E-state index contributed by atoms with van der Waals surface area (Å²) in [6.45, 7) is 6.02. The maximum absolute atomic E-state index is 5.23. The molecule has 2 rings (SSSR count). The zero-order valence-corrected chi connectivity index (χ0v) is 10.1. The Morgan fingerprint density at radius 1 is 0.917 bits per heavy atom. The summed E-state index contributed by atoms with van der Waals surface area (Å²) in [7, 11) is 7.15. The average molecular weight is 242 g/mol. The first-order chi connectivity index (χ1) is 5.62. The summed E-state index contributed by atoms with van der Waals surface area (Å²) >= 11 is 0. The molecule has 0 radical (unpaired) electrons. The lowest BCUT2D eigenvalue weighted by Crippen LogP contribution is -1.92. The van der Waals surface area contributed by atoms with Gasteiger partial charge in [-0.1, -0.05) is 0 Å². The molecule has 0 aliphatic carbocycles. The second-order valence-electron chi connectivity index (χ2n) is 3.15. The van der Waals surface area contributed by atoms with E-state index in [1.54, 1.807) is 41.2 Å². The molecule has 0 amide bonds. The van der Waals surface area contributed by atoms with Gasteiger partial charge in [0.25, 0.3) is 0 Å². The molecule has 0 aromatic rings. The van der Waals surface area contributed by atoms with Gasteiger partial charge in [0.15, 0.2) is 0 Å². The van der Waals surface area contributed by atoms with Crippen LogP contribution < -0.4 is 0 Å². The molecule has 2 unspecified atom stereocenters. The molecule has 0 saturated carbocycles. The Morgan fingerprint density at radius 3 is 1.50 bits per heavy atom. The largest absolute Gasteiger partial charge is 0.357 e. The number of epoxide rings is 2. The highest BCUT2D eigenvalue weighted by Crippen LogP contribution is 2.58. The van der Waals surface area contributed by atoms with Crippen molar-refractivity contribution in [1.82, 2.24) is 0 Å². The van der Waals surface area contributed by atoms with Gasteiger partial charge >= 0.3 is 0 Å². The minimum Gasteiger partial charge on any atom is -0.357 e. The van der Waals surface area contributed by atoms with Gasteiger partial charge in [0, 0.05) is 0 Å². The van der Waals surface area contributed by atoms with Crippen LogP contribution in [0.4, 0.5) is 0 Å². The SMILES string of the molecule is CC1(SSSSC2(C)CO2)CO1. The van der Waals surface area contributed by atoms with E-state index in [2.05, 4.69) is 13.8 Å². The molecule has 70 valence electrons. The Bertz CT molecular complexity index is 158. The van der Waals surface area contributed by atoms with Crippen molar-refractivity contribution in [1.29, 1.82) is 0 Å². The smallest absolute Gasteiger partial charge is 0.145 e. The molecule has 2 aliphatic heterocycles. The lowest BCUT2D eigenvalue weighted by molar-refractivity contribution is 0.403. The van der Waals surface area contributed by atoms with Crippen LogP contribution in [0.25, 0.3) is 0 Å². The minimum atomic E-state index is 0.101. The summed E-state index contributed by atoms with van der Waals surface area (Å²) in [5.74, 6) is 0. The van der Waals surface area contributed by atoms with E-state index >= 15 is 0 Å². The van der Waals surface area contributed by atoms with Crippen LogP contribution in [0, 0.1) is 0 Å². The van der Waals surface area contributed by atoms with Crippen molar-refractivity contribution in [3.63, 3.8) is 0 Å². The van der Waals surface area contributed by atoms with E-state index in [0.717, 1.165) is 13.2 Å². The summed E-state index contributed by atoms with van der Waals surface area (Å²) in [5.41, 5.74) is 0. The standard InChI is InChI=1S/C6H10O2S4/c1-5(3-7-5)9-11-12-10-6(2)4-8-6/h3-4H2,1-2H3. The van der Waals surface area contributed by atoms with Crippen LogP contribution in [0.5, 0.6) is 0 Å². The molecule has 0 bridgehead atoms. The third-order valence-corrected chi connectivity index (χ3v) is 8.83. The van der Waals surface area contributed by atoms with Crippen LogP contribution in [0.2, 0.25) is 0 Å². The zero-order chi connectivity index (χ0) is 8.66. The highest BCUT2D eigenvalue weighted by atomic mass is 33.7. The summed E-state index contributed by atoms with van der Waals surface area (Å²) in [5, 5.41) is 0. The minimum absolute atomic E-state index is 0.101. The normalized spacial score (nSPS) is 44.5. The van der Waals surface area contributed by atoms with Crippen molar-refractivity contribution in [3.8, 4) is 0 Å². The monoisotopic (exact) mass is 242 g/mol. The van der Waals surface area contributed by atoms with Crippen LogP contribution in [0.3, 0.4) is 0 Å². The first-order valence-corrected chi connectivity index (χ1v) is 8.42. The van der Waals surface area contributed by atoms with Gasteiger partial charge in [-0.05, 0) is 55.1 Å². The second-order valence-corrected chi connectivity index (χ2v) is 9.75. The Labute approximate surface area is 87.5 Å². The summed E-state index contributed by atoms with van der Waals surface area (Å²) in [6, 6.07) is 0. The van der Waals surface area contributed by atoms with Crippen molar-refractivity contribution in [2.45, 2.75) is 23.7 Å². The van der Waals surface area contributed by atoms with Crippen LogP contribution in [0.1, 0.15) is 13.8 Å². The van der Waals surface area contributed by atoms with Gasteiger partial charge in [0.05, 0.1) is 13.2 Å². The average Bonchev–Trinajstić information content (AvgIpc) is 2.89. The predicted octanol–water partition coefficient (Wildman–Crippen LogP) is 3.16. The van der Waals surface area contributed by atoms with Gasteiger partial charge in [-0.15, -0.1) is 0 Å². The second kappa shape index (κ2) is 3.47. The fourth-order valence-corrected chi connectivity index (χ4v) is 7.32. The highest BCUT2D eigenvalue weighted by Gasteiger charge is 2.43. The van der Waals surface area contributed by atoms with Crippen LogP contribution in [-0.4, -0.2) is 23.1 Å². The van der Waals surface area contributed by atoms with E-state index in [1.165, 1.54) is 0 Å².